The Hall–Kier alpha value is -1.55. The summed E-state index contributed by atoms with van der Waals surface area (Å²) in [6.07, 6.45) is 2.17. The Morgan fingerprint density at radius 3 is 2.62 bits per heavy atom. The van der Waals surface area contributed by atoms with Crippen molar-refractivity contribution in [3.63, 3.8) is 0 Å². The number of carbonyl (C=O) groups is 1. The number of carbonyl (C=O) groups excluding carboxylic acids is 1. The highest BCUT2D eigenvalue weighted by atomic mass is 16.5. The van der Waals surface area contributed by atoms with Crippen LogP contribution in [0.2, 0.25) is 0 Å². The summed E-state index contributed by atoms with van der Waals surface area (Å²) < 4.78 is 5.64. The lowest BCUT2D eigenvalue weighted by atomic mass is 10.1. The lowest BCUT2D eigenvalue weighted by Gasteiger charge is -2.32. The van der Waals surface area contributed by atoms with Crippen LogP contribution >= 0.6 is 0 Å². The molecule has 116 valence electrons. The van der Waals surface area contributed by atoms with E-state index in [1.54, 1.807) is 0 Å². The lowest BCUT2D eigenvalue weighted by molar-refractivity contribution is 0.0146. The molecule has 0 unspecified atom stereocenters. The molecule has 4 heteroatoms. The minimum absolute atomic E-state index is 0.119. The summed E-state index contributed by atoms with van der Waals surface area (Å²) in [6.45, 7) is 8.48. The normalized spacial score (nSPS) is 16.3. The summed E-state index contributed by atoms with van der Waals surface area (Å²) in [5.41, 5.74) is 1.69. The van der Waals surface area contributed by atoms with Crippen molar-refractivity contribution in [2.75, 3.05) is 25.0 Å². The molecular formula is C17H26N2O2. The molecule has 1 N–H and O–H groups in total. The zero-order valence-electron chi connectivity index (χ0n) is 13.3. The van der Waals surface area contributed by atoms with E-state index in [0.29, 0.717) is 12.1 Å². The molecule has 0 aromatic heterocycles. The first-order valence-corrected chi connectivity index (χ1v) is 7.88. The van der Waals surface area contributed by atoms with E-state index in [9.17, 15) is 4.79 Å². The molecule has 1 aliphatic heterocycles. The van der Waals surface area contributed by atoms with Crippen LogP contribution in [-0.2, 0) is 4.74 Å². The van der Waals surface area contributed by atoms with Crippen LogP contribution in [-0.4, -0.2) is 42.6 Å². The van der Waals surface area contributed by atoms with Crippen molar-refractivity contribution < 1.29 is 9.53 Å². The van der Waals surface area contributed by atoms with E-state index >= 15 is 0 Å². The standard InChI is InChI=1S/C17H26N2O2/c1-4-21-14-9-11-19(12-10-14)17(20)15-7-5-6-8-16(15)18-13(2)3/h5-8,13-14,18H,4,9-12H2,1-3H3. The SMILES string of the molecule is CCOC1CCN(C(=O)c2ccccc2NC(C)C)CC1. The molecule has 1 saturated heterocycles. The van der Waals surface area contributed by atoms with Crippen LogP contribution in [0.5, 0.6) is 0 Å². The fourth-order valence-electron chi connectivity index (χ4n) is 2.74. The Morgan fingerprint density at radius 2 is 2.00 bits per heavy atom. The highest BCUT2D eigenvalue weighted by Crippen LogP contribution is 2.21. The number of ether oxygens (including phenoxy) is 1. The number of nitrogens with one attached hydrogen (secondary N) is 1. The van der Waals surface area contributed by atoms with Gasteiger partial charge in [0.1, 0.15) is 0 Å². The highest BCUT2D eigenvalue weighted by Gasteiger charge is 2.25. The number of likely N-dealkylation sites (tertiary alicyclic amines) is 1. The van der Waals surface area contributed by atoms with Crippen LogP contribution < -0.4 is 5.32 Å². The van der Waals surface area contributed by atoms with E-state index in [1.165, 1.54) is 0 Å². The Morgan fingerprint density at radius 1 is 1.33 bits per heavy atom. The number of para-hydroxylation sites is 1. The van der Waals surface area contributed by atoms with Gasteiger partial charge in [-0.3, -0.25) is 4.79 Å². The molecule has 0 spiro atoms. The van der Waals surface area contributed by atoms with Crippen LogP contribution in [0.4, 0.5) is 5.69 Å². The lowest BCUT2D eigenvalue weighted by Crippen LogP contribution is -2.41. The molecule has 0 atom stereocenters. The van der Waals surface area contributed by atoms with Crippen LogP contribution in [0.15, 0.2) is 24.3 Å². The van der Waals surface area contributed by atoms with Crippen LogP contribution in [0.25, 0.3) is 0 Å². The quantitative estimate of drug-likeness (QED) is 0.905. The Kier molecular flexibility index (Phi) is 5.62. The molecule has 1 heterocycles. The fourth-order valence-corrected chi connectivity index (χ4v) is 2.74. The molecule has 0 bridgehead atoms. The molecule has 1 aliphatic rings. The van der Waals surface area contributed by atoms with Crippen LogP contribution in [0.1, 0.15) is 44.0 Å². The maximum atomic E-state index is 12.7. The third-order valence-corrected chi connectivity index (χ3v) is 3.73. The van der Waals surface area contributed by atoms with E-state index in [0.717, 1.165) is 43.8 Å². The second-order valence-corrected chi connectivity index (χ2v) is 5.79. The molecular weight excluding hydrogens is 264 g/mol. The van der Waals surface area contributed by atoms with E-state index in [4.69, 9.17) is 4.74 Å². The van der Waals surface area contributed by atoms with Crippen molar-refractivity contribution in [2.24, 2.45) is 0 Å². The molecule has 1 aromatic rings. The van der Waals surface area contributed by atoms with Gasteiger partial charge in [-0.1, -0.05) is 12.1 Å². The molecule has 0 radical (unpaired) electrons. The Labute approximate surface area is 127 Å². The fraction of sp³-hybridized carbons (Fsp3) is 0.588. The van der Waals surface area contributed by atoms with E-state index < -0.39 is 0 Å². The maximum absolute atomic E-state index is 12.7. The zero-order valence-corrected chi connectivity index (χ0v) is 13.3. The molecule has 2 rings (SSSR count). The topological polar surface area (TPSA) is 41.6 Å². The largest absolute Gasteiger partial charge is 0.382 e. The summed E-state index contributed by atoms with van der Waals surface area (Å²) >= 11 is 0. The number of piperidine rings is 1. The molecule has 1 amide bonds. The first-order chi connectivity index (χ1) is 10.1. The first kappa shape index (κ1) is 15.8. The maximum Gasteiger partial charge on any atom is 0.255 e. The molecule has 0 aliphatic carbocycles. The second kappa shape index (κ2) is 7.46. The van der Waals surface area contributed by atoms with E-state index in [2.05, 4.69) is 19.2 Å². The van der Waals surface area contributed by atoms with Crippen molar-refractivity contribution in [3.05, 3.63) is 29.8 Å². The number of rotatable bonds is 5. The second-order valence-electron chi connectivity index (χ2n) is 5.79. The van der Waals surface area contributed by atoms with Gasteiger partial charge in [-0.05, 0) is 45.7 Å². The van der Waals surface area contributed by atoms with Gasteiger partial charge >= 0.3 is 0 Å². The van der Waals surface area contributed by atoms with Gasteiger partial charge in [0, 0.05) is 31.4 Å². The predicted octanol–water partition coefficient (Wildman–Crippen LogP) is 3.15. The van der Waals surface area contributed by atoms with Gasteiger partial charge in [0.2, 0.25) is 0 Å². The average molecular weight is 290 g/mol. The third kappa shape index (κ3) is 4.21. The minimum Gasteiger partial charge on any atom is -0.382 e. The number of nitrogens with zero attached hydrogens (tertiary/aromatic N) is 1. The number of benzene rings is 1. The Bertz CT molecular complexity index is 466. The number of anilines is 1. The van der Waals surface area contributed by atoms with Crippen molar-refractivity contribution in [3.8, 4) is 0 Å². The van der Waals surface area contributed by atoms with Crippen LogP contribution in [0.3, 0.4) is 0 Å². The van der Waals surface area contributed by atoms with Gasteiger partial charge in [0.15, 0.2) is 0 Å². The summed E-state index contributed by atoms with van der Waals surface area (Å²) in [5.74, 6) is 0.119. The van der Waals surface area contributed by atoms with Crippen molar-refractivity contribution in [1.29, 1.82) is 0 Å². The number of hydrogen-bond donors (Lipinski definition) is 1. The van der Waals surface area contributed by atoms with Crippen molar-refractivity contribution >= 4 is 11.6 Å². The van der Waals surface area contributed by atoms with E-state index in [-0.39, 0.29) is 5.91 Å². The van der Waals surface area contributed by atoms with Gasteiger partial charge in [0.25, 0.3) is 5.91 Å². The average Bonchev–Trinajstić information content (AvgIpc) is 2.48. The third-order valence-electron chi connectivity index (χ3n) is 3.73. The Balaban J connectivity index is 2.04. The van der Waals surface area contributed by atoms with Gasteiger partial charge < -0.3 is 15.0 Å². The van der Waals surface area contributed by atoms with Gasteiger partial charge in [-0.25, -0.2) is 0 Å². The summed E-state index contributed by atoms with van der Waals surface area (Å²) in [4.78, 5) is 14.7. The van der Waals surface area contributed by atoms with Crippen molar-refractivity contribution in [1.82, 2.24) is 4.90 Å². The van der Waals surface area contributed by atoms with Crippen LogP contribution in [0, 0.1) is 0 Å². The molecule has 4 nitrogen and oxygen atoms in total. The molecule has 1 aromatic carbocycles. The number of amides is 1. The van der Waals surface area contributed by atoms with E-state index in [1.807, 2.05) is 36.1 Å². The summed E-state index contributed by atoms with van der Waals surface area (Å²) in [6, 6.07) is 8.07. The molecule has 21 heavy (non-hydrogen) atoms. The number of hydrogen-bond acceptors (Lipinski definition) is 3. The summed E-state index contributed by atoms with van der Waals surface area (Å²) in [7, 11) is 0. The van der Waals surface area contributed by atoms with Gasteiger partial charge in [-0.15, -0.1) is 0 Å². The highest BCUT2D eigenvalue weighted by molar-refractivity contribution is 5.99. The molecule has 1 fully saturated rings. The van der Waals surface area contributed by atoms with Gasteiger partial charge in [0.05, 0.1) is 11.7 Å². The minimum atomic E-state index is 0.119. The van der Waals surface area contributed by atoms with Gasteiger partial charge in [-0.2, -0.15) is 0 Å². The smallest absolute Gasteiger partial charge is 0.255 e. The monoisotopic (exact) mass is 290 g/mol. The zero-order chi connectivity index (χ0) is 15.2. The summed E-state index contributed by atoms with van der Waals surface area (Å²) in [5, 5.41) is 3.35. The predicted molar refractivity (Wildman–Crippen MR) is 85.8 cm³/mol. The van der Waals surface area contributed by atoms with Crippen molar-refractivity contribution in [2.45, 2.75) is 45.8 Å². The first-order valence-electron chi connectivity index (χ1n) is 7.88. The molecule has 0 saturated carbocycles.